The highest BCUT2D eigenvalue weighted by atomic mass is 16.5. The van der Waals surface area contributed by atoms with E-state index in [0.717, 1.165) is 11.1 Å². The van der Waals surface area contributed by atoms with Crippen molar-refractivity contribution < 1.29 is 19.1 Å². The molecule has 2 aromatic rings. The predicted octanol–water partition coefficient (Wildman–Crippen LogP) is 2.50. The molecule has 0 fully saturated rings. The summed E-state index contributed by atoms with van der Waals surface area (Å²) in [5, 5.41) is 14.0. The fraction of sp³-hybridized carbons (Fsp3) is 0.238. The molecule has 0 spiro atoms. The van der Waals surface area contributed by atoms with Gasteiger partial charge in [0, 0.05) is 12.6 Å². The zero-order valence-electron chi connectivity index (χ0n) is 15.5. The van der Waals surface area contributed by atoms with Crippen molar-refractivity contribution in [2.75, 3.05) is 11.9 Å². The zero-order valence-corrected chi connectivity index (χ0v) is 15.5. The lowest BCUT2D eigenvalue weighted by Crippen LogP contribution is -2.29. The highest BCUT2D eigenvalue weighted by Gasteiger charge is 2.18. The second kappa shape index (κ2) is 10.5. The van der Waals surface area contributed by atoms with Crippen LogP contribution in [-0.2, 0) is 25.5 Å². The third-order valence-corrected chi connectivity index (χ3v) is 3.84. The van der Waals surface area contributed by atoms with Crippen molar-refractivity contribution in [3.05, 3.63) is 65.7 Å². The fourth-order valence-corrected chi connectivity index (χ4v) is 2.55. The first-order chi connectivity index (χ1) is 13.5. The van der Waals surface area contributed by atoms with Gasteiger partial charge in [-0.3, -0.25) is 14.4 Å². The number of nitrogens with one attached hydrogen (secondary N) is 2. The second-order valence-electron chi connectivity index (χ2n) is 6.11. The largest absolute Gasteiger partial charge is 0.455 e. The molecule has 144 valence electrons. The van der Waals surface area contributed by atoms with E-state index < -0.39 is 24.5 Å². The molecule has 2 rings (SSSR count). The van der Waals surface area contributed by atoms with Gasteiger partial charge in [0.05, 0.1) is 25.0 Å². The van der Waals surface area contributed by atoms with E-state index in [1.54, 1.807) is 36.4 Å². The Kier molecular flexibility index (Phi) is 7.73. The standard InChI is InChI=1S/C21H21N3O4/c1-15(25)23-19(17-5-3-2-4-6-17)13-21(27)28-14-20(26)24-18-9-7-16(8-10-18)11-12-22/h2-10,19H,11,13-14H2,1H3,(H,23,25)(H,24,26)/t19-/m0/s1. The van der Waals surface area contributed by atoms with Crippen LogP contribution < -0.4 is 10.6 Å². The Bertz CT molecular complexity index is 857. The lowest BCUT2D eigenvalue weighted by molar-refractivity contribution is -0.148. The molecule has 0 saturated carbocycles. The van der Waals surface area contributed by atoms with E-state index >= 15 is 0 Å². The zero-order chi connectivity index (χ0) is 20.4. The molecule has 0 bridgehead atoms. The smallest absolute Gasteiger partial charge is 0.308 e. The van der Waals surface area contributed by atoms with Gasteiger partial charge in [-0.15, -0.1) is 0 Å². The van der Waals surface area contributed by atoms with E-state index in [2.05, 4.69) is 10.6 Å². The number of carbonyl (C=O) groups is 3. The Morgan fingerprint density at radius 1 is 1.07 bits per heavy atom. The van der Waals surface area contributed by atoms with Crippen LogP contribution in [0.3, 0.4) is 0 Å². The molecule has 2 aromatic carbocycles. The lowest BCUT2D eigenvalue weighted by atomic mass is 10.0. The molecule has 1 atom stereocenters. The van der Waals surface area contributed by atoms with E-state index in [1.165, 1.54) is 6.92 Å². The molecule has 0 aliphatic rings. The predicted molar refractivity (Wildman–Crippen MR) is 103 cm³/mol. The topological polar surface area (TPSA) is 108 Å². The normalized spacial score (nSPS) is 11.0. The summed E-state index contributed by atoms with van der Waals surface area (Å²) >= 11 is 0. The average Bonchev–Trinajstić information content (AvgIpc) is 2.68. The number of nitriles is 1. The maximum atomic E-state index is 12.1. The van der Waals surface area contributed by atoms with Gasteiger partial charge in [0.25, 0.3) is 5.91 Å². The van der Waals surface area contributed by atoms with Crippen molar-refractivity contribution in [2.45, 2.75) is 25.8 Å². The molecule has 2 amide bonds. The maximum Gasteiger partial charge on any atom is 0.308 e. The molecule has 28 heavy (non-hydrogen) atoms. The summed E-state index contributed by atoms with van der Waals surface area (Å²) in [6.45, 7) is 0.941. The van der Waals surface area contributed by atoms with Gasteiger partial charge in [-0.25, -0.2) is 0 Å². The van der Waals surface area contributed by atoms with Crippen LogP contribution in [0, 0.1) is 11.3 Å². The number of nitrogens with zero attached hydrogens (tertiary/aromatic N) is 1. The van der Waals surface area contributed by atoms with Crippen LogP contribution in [-0.4, -0.2) is 24.4 Å². The number of esters is 1. The minimum absolute atomic E-state index is 0.0836. The number of ether oxygens (including phenoxy) is 1. The van der Waals surface area contributed by atoms with Gasteiger partial charge < -0.3 is 15.4 Å². The van der Waals surface area contributed by atoms with Crippen LogP contribution in [0.25, 0.3) is 0 Å². The molecular formula is C21H21N3O4. The highest BCUT2D eigenvalue weighted by molar-refractivity contribution is 5.92. The number of hydrogen-bond donors (Lipinski definition) is 2. The van der Waals surface area contributed by atoms with Crippen LogP contribution in [0.1, 0.15) is 30.5 Å². The Morgan fingerprint density at radius 3 is 2.36 bits per heavy atom. The number of hydrogen-bond acceptors (Lipinski definition) is 5. The van der Waals surface area contributed by atoms with Gasteiger partial charge >= 0.3 is 5.97 Å². The lowest BCUT2D eigenvalue weighted by Gasteiger charge is -2.17. The van der Waals surface area contributed by atoms with Gasteiger partial charge in [0.2, 0.25) is 5.91 Å². The summed E-state index contributed by atoms with van der Waals surface area (Å²) in [4.78, 5) is 35.4. The summed E-state index contributed by atoms with van der Waals surface area (Å²) in [6.07, 6.45) is 0.211. The summed E-state index contributed by atoms with van der Waals surface area (Å²) in [7, 11) is 0. The molecule has 0 unspecified atom stereocenters. The van der Waals surface area contributed by atoms with Crippen LogP contribution in [0.2, 0.25) is 0 Å². The molecule has 2 N–H and O–H groups in total. The molecule has 0 aliphatic carbocycles. The summed E-state index contributed by atoms with van der Waals surface area (Å²) < 4.78 is 5.03. The van der Waals surface area contributed by atoms with Gasteiger partial charge in [-0.2, -0.15) is 5.26 Å². The van der Waals surface area contributed by atoms with E-state index in [0.29, 0.717) is 12.1 Å². The van der Waals surface area contributed by atoms with E-state index in [9.17, 15) is 14.4 Å². The van der Waals surface area contributed by atoms with Crippen molar-refractivity contribution in [1.82, 2.24) is 5.32 Å². The van der Waals surface area contributed by atoms with Crippen LogP contribution >= 0.6 is 0 Å². The summed E-state index contributed by atoms with van der Waals surface area (Å²) in [5.41, 5.74) is 2.16. The van der Waals surface area contributed by atoms with Gasteiger partial charge in [-0.05, 0) is 23.3 Å². The van der Waals surface area contributed by atoms with E-state index in [1.807, 2.05) is 24.3 Å². The number of benzene rings is 2. The van der Waals surface area contributed by atoms with Gasteiger partial charge in [0.1, 0.15) is 0 Å². The molecule has 7 nitrogen and oxygen atoms in total. The number of anilines is 1. The van der Waals surface area contributed by atoms with E-state index in [-0.39, 0.29) is 12.3 Å². The molecule has 0 heterocycles. The molecular weight excluding hydrogens is 358 g/mol. The minimum Gasteiger partial charge on any atom is -0.455 e. The number of carbonyl (C=O) groups excluding carboxylic acids is 3. The number of amides is 2. The van der Waals surface area contributed by atoms with Gasteiger partial charge in [-0.1, -0.05) is 42.5 Å². The summed E-state index contributed by atoms with van der Waals surface area (Å²) in [6, 6.07) is 17.4. The van der Waals surface area contributed by atoms with Gasteiger partial charge in [0.15, 0.2) is 6.61 Å². The first kappa shape index (κ1) is 20.6. The quantitative estimate of drug-likeness (QED) is 0.685. The van der Waals surface area contributed by atoms with Crippen molar-refractivity contribution in [1.29, 1.82) is 5.26 Å². The first-order valence-electron chi connectivity index (χ1n) is 8.71. The SMILES string of the molecule is CC(=O)N[C@@H](CC(=O)OCC(=O)Nc1ccc(CC#N)cc1)c1ccccc1. The highest BCUT2D eigenvalue weighted by Crippen LogP contribution is 2.17. The number of rotatable bonds is 8. The van der Waals surface area contributed by atoms with Crippen LogP contribution in [0.4, 0.5) is 5.69 Å². The van der Waals surface area contributed by atoms with Crippen molar-refractivity contribution in [3.8, 4) is 6.07 Å². The molecule has 0 aromatic heterocycles. The minimum atomic E-state index is -0.595. The third kappa shape index (κ3) is 6.92. The van der Waals surface area contributed by atoms with Crippen molar-refractivity contribution in [3.63, 3.8) is 0 Å². The molecule has 0 saturated heterocycles. The Labute approximate surface area is 163 Å². The molecule has 0 radical (unpaired) electrons. The fourth-order valence-electron chi connectivity index (χ4n) is 2.55. The molecule has 7 heteroatoms. The van der Waals surface area contributed by atoms with Crippen LogP contribution in [0.5, 0.6) is 0 Å². The first-order valence-corrected chi connectivity index (χ1v) is 8.71. The Hall–Kier alpha value is -3.66. The van der Waals surface area contributed by atoms with E-state index in [4.69, 9.17) is 10.00 Å². The monoisotopic (exact) mass is 379 g/mol. The second-order valence-corrected chi connectivity index (χ2v) is 6.11. The molecule has 0 aliphatic heterocycles. The van der Waals surface area contributed by atoms with Crippen LogP contribution in [0.15, 0.2) is 54.6 Å². The van der Waals surface area contributed by atoms with Crippen molar-refractivity contribution in [2.24, 2.45) is 0 Å². The maximum absolute atomic E-state index is 12.1. The third-order valence-electron chi connectivity index (χ3n) is 3.84. The average molecular weight is 379 g/mol. The van der Waals surface area contributed by atoms with Crippen molar-refractivity contribution >= 4 is 23.5 Å². The Morgan fingerprint density at radius 2 is 1.75 bits per heavy atom. The Balaban J connectivity index is 1.85. The summed E-state index contributed by atoms with van der Waals surface area (Å²) in [5.74, 6) is -1.33.